The van der Waals surface area contributed by atoms with E-state index in [1.165, 1.54) is 6.08 Å². The Kier molecular flexibility index (Phi) is 5.86. The van der Waals surface area contributed by atoms with E-state index in [-0.39, 0.29) is 6.54 Å². The van der Waals surface area contributed by atoms with Crippen molar-refractivity contribution in [1.82, 2.24) is 10.6 Å². The third-order valence-electron chi connectivity index (χ3n) is 2.22. The van der Waals surface area contributed by atoms with E-state index in [0.717, 1.165) is 16.7 Å². The van der Waals surface area contributed by atoms with Crippen LogP contribution in [0.2, 0.25) is 0 Å². The minimum Gasteiger partial charge on any atom is -0.355 e. The lowest BCUT2D eigenvalue weighted by atomic mass is 10.1. The van der Waals surface area contributed by atoms with Crippen molar-refractivity contribution in [2.24, 2.45) is 4.99 Å². The van der Waals surface area contributed by atoms with Gasteiger partial charge in [-0.2, -0.15) is 0 Å². The van der Waals surface area contributed by atoms with E-state index in [4.69, 9.17) is 0 Å². The van der Waals surface area contributed by atoms with Crippen LogP contribution in [0, 0.1) is 0 Å². The molecule has 0 radical (unpaired) electrons. The number of rotatable bonds is 8. The average molecular weight is 247 g/mol. The van der Waals surface area contributed by atoms with Crippen LogP contribution in [0.5, 0.6) is 0 Å². The van der Waals surface area contributed by atoms with Crippen LogP contribution >= 0.6 is 0 Å². The number of aliphatic imine (C=N–C) groups is 1. The minimum absolute atomic E-state index is 0.229. The summed E-state index contributed by atoms with van der Waals surface area (Å²) < 4.78 is 0. The number of carbonyl (C=O) groups excluding carboxylic acids is 3. The molecule has 2 amide bonds. The number of isocyanates is 1. The van der Waals surface area contributed by atoms with Crippen molar-refractivity contribution in [3.63, 3.8) is 0 Å². The van der Waals surface area contributed by atoms with E-state index in [2.05, 4.69) is 15.6 Å². The van der Waals surface area contributed by atoms with Crippen LogP contribution in [0.15, 0.2) is 23.2 Å². The van der Waals surface area contributed by atoms with Gasteiger partial charge in [-0.1, -0.05) is 18.2 Å². The maximum absolute atomic E-state index is 10.3. The van der Waals surface area contributed by atoms with Gasteiger partial charge in [-0.05, 0) is 16.7 Å². The highest BCUT2D eigenvalue weighted by atomic mass is 16.1. The summed E-state index contributed by atoms with van der Waals surface area (Å²) in [6.45, 7) is 0.999. The number of nitrogens with zero attached hydrogens (tertiary/aromatic N) is 1. The fourth-order valence-electron chi connectivity index (χ4n) is 1.58. The molecule has 0 heterocycles. The lowest BCUT2D eigenvalue weighted by Crippen LogP contribution is -2.13. The maximum Gasteiger partial charge on any atom is 0.235 e. The molecule has 0 spiro atoms. The van der Waals surface area contributed by atoms with Crippen molar-refractivity contribution < 1.29 is 14.4 Å². The van der Waals surface area contributed by atoms with Crippen molar-refractivity contribution in [1.29, 1.82) is 0 Å². The van der Waals surface area contributed by atoms with Gasteiger partial charge >= 0.3 is 0 Å². The van der Waals surface area contributed by atoms with Gasteiger partial charge in [0.05, 0.1) is 6.54 Å². The Morgan fingerprint density at radius 1 is 1.00 bits per heavy atom. The zero-order valence-corrected chi connectivity index (χ0v) is 9.68. The highest BCUT2D eigenvalue weighted by molar-refractivity contribution is 5.47. The number of hydrogen-bond acceptors (Lipinski definition) is 4. The van der Waals surface area contributed by atoms with E-state index in [1.807, 2.05) is 18.2 Å². The van der Waals surface area contributed by atoms with E-state index >= 15 is 0 Å². The molecule has 94 valence electrons. The SMILES string of the molecule is O=C=NCc1cc(CNC=O)cc(CNC=O)c1. The third-order valence-corrected chi connectivity index (χ3v) is 2.22. The molecule has 0 aliphatic rings. The first-order chi connectivity index (χ1) is 8.80. The number of carbonyl (C=O) groups is 2. The Balaban J connectivity index is 2.90. The van der Waals surface area contributed by atoms with Gasteiger partial charge in [0.25, 0.3) is 0 Å². The van der Waals surface area contributed by atoms with Crippen LogP contribution in [0.3, 0.4) is 0 Å². The Morgan fingerprint density at radius 3 is 1.94 bits per heavy atom. The fourth-order valence-corrected chi connectivity index (χ4v) is 1.58. The second-order valence-corrected chi connectivity index (χ2v) is 3.56. The van der Waals surface area contributed by atoms with Crippen LogP contribution in [0.4, 0.5) is 0 Å². The Bertz CT molecular complexity index is 437. The molecular formula is C12H13N3O3. The molecule has 0 bridgehead atoms. The van der Waals surface area contributed by atoms with Gasteiger partial charge in [0.2, 0.25) is 18.9 Å². The van der Waals surface area contributed by atoms with Gasteiger partial charge < -0.3 is 10.6 Å². The molecule has 0 unspecified atom stereocenters. The van der Waals surface area contributed by atoms with E-state index in [0.29, 0.717) is 25.9 Å². The van der Waals surface area contributed by atoms with Crippen molar-refractivity contribution >= 4 is 18.9 Å². The molecule has 18 heavy (non-hydrogen) atoms. The van der Waals surface area contributed by atoms with Gasteiger partial charge in [-0.3, -0.25) is 9.59 Å². The molecule has 0 aliphatic heterocycles. The molecule has 1 rings (SSSR count). The van der Waals surface area contributed by atoms with Gasteiger partial charge in [0.15, 0.2) is 0 Å². The third kappa shape index (κ3) is 4.59. The maximum atomic E-state index is 10.3. The summed E-state index contributed by atoms with van der Waals surface area (Å²) in [6, 6.07) is 5.53. The molecule has 6 nitrogen and oxygen atoms in total. The van der Waals surface area contributed by atoms with Crippen LogP contribution < -0.4 is 10.6 Å². The molecule has 6 heteroatoms. The molecule has 2 N–H and O–H groups in total. The molecule has 1 aromatic rings. The van der Waals surface area contributed by atoms with Crippen LogP contribution in [-0.2, 0) is 34.0 Å². The Morgan fingerprint density at radius 2 is 1.50 bits per heavy atom. The first kappa shape index (κ1) is 13.6. The average Bonchev–Trinajstić information content (AvgIpc) is 2.40. The van der Waals surface area contributed by atoms with E-state index < -0.39 is 0 Å². The first-order valence-electron chi connectivity index (χ1n) is 5.29. The van der Waals surface area contributed by atoms with Crippen molar-refractivity contribution in [3.05, 3.63) is 34.9 Å². The van der Waals surface area contributed by atoms with Crippen molar-refractivity contribution in [2.75, 3.05) is 0 Å². The molecular weight excluding hydrogens is 234 g/mol. The fraction of sp³-hybridized carbons (Fsp3) is 0.250. The second kappa shape index (κ2) is 7.76. The number of amides is 2. The summed E-state index contributed by atoms with van der Waals surface area (Å²) in [5.41, 5.74) is 2.58. The van der Waals surface area contributed by atoms with Gasteiger partial charge in [-0.25, -0.2) is 9.79 Å². The standard InChI is InChI=1S/C12H13N3O3/c16-7-13-4-10-1-11(5-14-8-17)3-12(2-10)6-15-9-18/h1-3,7-8H,4-6H2,(H,13,16)(H,14,17). The quantitative estimate of drug-likeness (QED) is 0.385. The number of nitrogens with one attached hydrogen (secondary N) is 2. The Labute approximate surface area is 104 Å². The number of benzene rings is 1. The molecule has 0 aromatic heterocycles. The highest BCUT2D eigenvalue weighted by Gasteiger charge is 2.01. The van der Waals surface area contributed by atoms with E-state index in [1.54, 1.807) is 0 Å². The molecule has 0 saturated carbocycles. The highest BCUT2D eigenvalue weighted by Crippen LogP contribution is 2.11. The minimum atomic E-state index is 0.229. The lowest BCUT2D eigenvalue weighted by Gasteiger charge is -2.08. The van der Waals surface area contributed by atoms with Crippen molar-refractivity contribution in [2.45, 2.75) is 19.6 Å². The molecule has 0 atom stereocenters. The summed E-state index contributed by atoms with van der Waals surface area (Å²) in [5, 5.41) is 5.11. The predicted octanol–water partition coefficient (Wildman–Crippen LogP) is 0.0144. The smallest absolute Gasteiger partial charge is 0.235 e. The van der Waals surface area contributed by atoms with Crippen LogP contribution in [0.1, 0.15) is 16.7 Å². The van der Waals surface area contributed by atoms with Crippen LogP contribution in [-0.4, -0.2) is 18.9 Å². The summed E-state index contributed by atoms with van der Waals surface area (Å²) in [4.78, 5) is 34.1. The van der Waals surface area contributed by atoms with E-state index in [9.17, 15) is 14.4 Å². The molecule has 1 aromatic carbocycles. The topological polar surface area (TPSA) is 87.6 Å². The molecule has 0 aliphatic carbocycles. The second-order valence-electron chi connectivity index (χ2n) is 3.56. The summed E-state index contributed by atoms with van der Waals surface area (Å²) in [5.74, 6) is 0. The number of hydrogen-bond donors (Lipinski definition) is 2. The van der Waals surface area contributed by atoms with Crippen molar-refractivity contribution in [3.8, 4) is 0 Å². The molecule has 0 saturated heterocycles. The largest absolute Gasteiger partial charge is 0.355 e. The molecule has 0 fully saturated rings. The summed E-state index contributed by atoms with van der Waals surface area (Å²) in [7, 11) is 0. The monoisotopic (exact) mass is 247 g/mol. The normalized spacial score (nSPS) is 9.11. The van der Waals surface area contributed by atoms with Crippen LogP contribution in [0.25, 0.3) is 0 Å². The Hall–Kier alpha value is -2.46. The zero-order chi connectivity index (χ0) is 13.2. The lowest BCUT2D eigenvalue weighted by molar-refractivity contribution is -0.110. The van der Waals surface area contributed by atoms with Gasteiger partial charge in [0.1, 0.15) is 0 Å². The van der Waals surface area contributed by atoms with Gasteiger partial charge in [0, 0.05) is 13.1 Å². The zero-order valence-electron chi connectivity index (χ0n) is 9.68. The predicted molar refractivity (Wildman–Crippen MR) is 64.1 cm³/mol. The summed E-state index contributed by atoms with van der Waals surface area (Å²) in [6.07, 6.45) is 2.69. The van der Waals surface area contributed by atoms with Gasteiger partial charge in [-0.15, -0.1) is 0 Å². The first-order valence-corrected chi connectivity index (χ1v) is 5.29. The summed E-state index contributed by atoms with van der Waals surface area (Å²) >= 11 is 0.